The molecule has 28 heavy (non-hydrogen) atoms. The summed E-state index contributed by atoms with van der Waals surface area (Å²) < 4.78 is 13.2. The van der Waals surface area contributed by atoms with Crippen molar-refractivity contribution >= 4 is 17.2 Å². The van der Waals surface area contributed by atoms with Crippen LogP contribution in [0.25, 0.3) is 0 Å². The Morgan fingerprint density at radius 3 is 2.54 bits per heavy atom. The summed E-state index contributed by atoms with van der Waals surface area (Å²) in [7, 11) is 0. The third-order valence-electron chi connectivity index (χ3n) is 5.36. The van der Waals surface area contributed by atoms with Gasteiger partial charge in [-0.25, -0.2) is 4.39 Å². The van der Waals surface area contributed by atoms with E-state index in [2.05, 4.69) is 24.4 Å². The molecule has 3 N–H and O–H groups in total. The third-order valence-corrected chi connectivity index (χ3v) is 6.35. The third kappa shape index (κ3) is 6.69. The van der Waals surface area contributed by atoms with Gasteiger partial charge in [-0.1, -0.05) is 12.1 Å². The van der Waals surface area contributed by atoms with Crippen molar-refractivity contribution in [3.8, 4) is 0 Å². The number of nitrogens with zero attached hydrogens (tertiary/aromatic N) is 1. The van der Waals surface area contributed by atoms with E-state index in [1.165, 1.54) is 54.2 Å². The normalized spacial score (nSPS) is 14.9. The van der Waals surface area contributed by atoms with Gasteiger partial charge in [-0.15, -0.1) is 11.3 Å². The lowest BCUT2D eigenvalue weighted by atomic mass is 10.1. The number of likely N-dealkylation sites (tertiary alicyclic amines) is 1. The first-order valence-electron chi connectivity index (χ1n) is 10.3. The van der Waals surface area contributed by atoms with Crippen LogP contribution < -0.4 is 10.2 Å². The van der Waals surface area contributed by atoms with Crippen molar-refractivity contribution in [3.05, 3.63) is 57.5 Å². The molecule has 0 radical (unpaired) electrons. The Balaban J connectivity index is 1.53. The van der Waals surface area contributed by atoms with Crippen LogP contribution in [0.4, 0.5) is 4.39 Å². The predicted octanol–water partition coefficient (Wildman–Crippen LogP) is 1.36. The maximum atomic E-state index is 13.2. The molecule has 1 aliphatic rings. The SMILES string of the molecule is Cc1ccc(CN(Cc2ccc(F)cc2)C(=O)C[NH2+]CC[NH+]2CCCCC2)s1. The molecular weight excluding hydrogens is 373 g/mol. The molecule has 0 atom stereocenters. The maximum absolute atomic E-state index is 13.2. The number of nitrogens with two attached hydrogens (primary N) is 1. The van der Waals surface area contributed by atoms with Crippen molar-refractivity contribution in [3.63, 3.8) is 0 Å². The highest BCUT2D eigenvalue weighted by atomic mass is 32.1. The van der Waals surface area contributed by atoms with Gasteiger partial charge in [0.1, 0.15) is 18.9 Å². The first-order valence-corrected chi connectivity index (χ1v) is 11.1. The molecule has 152 valence electrons. The van der Waals surface area contributed by atoms with Gasteiger partial charge < -0.3 is 15.1 Å². The van der Waals surface area contributed by atoms with Crippen LogP contribution in [0, 0.1) is 12.7 Å². The van der Waals surface area contributed by atoms with Crippen LogP contribution in [-0.4, -0.2) is 43.5 Å². The highest BCUT2D eigenvalue weighted by molar-refractivity contribution is 7.11. The smallest absolute Gasteiger partial charge is 0.278 e. The van der Waals surface area contributed by atoms with E-state index in [1.807, 2.05) is 4.90 Å². The number of hydrogen-bond donors (Lipinski definition) is 2. The number of hydrogen-bond acceptors (Lipinski definition) is 2. The first kappa shape index (κ1) is 21.0. The Morgan fingerprint density at radius 1 is 1.11 bits per heavy atom. The molecule has 0 unspecified atom stereocenters. The van der Waals surface area contributed by atoms with E-state index >= 15 is 0 Å². The van der Waals surface area contributed by atoms with E-state index in [9.17, 15) is 9.18 Å². The van der Waals surface area contributed by atoms with Crippen LogP contribution in [0.5, 0.6) is 0 Å². The number of benzene rings is 1. The summed E-state index contributed by atoms with van der Waals surface area (Å²) in [4.78, 5) is 18.9. The fourth-order valence-corrected chi connectivity index (χ4v) is 4.67. The first-order chi connectivity index (χ1) is 13.6. The Kier molecular flexibility index (Phi) is 8.01. The summed E-state index contributed by atoms with van der Waals surface area (Å²) >= 11 is 1.73. The second-order valence-electron chi connectivity index (χ2n) is 7.73. The number of halogens is 1. The van der Waals surface area contributed by atoms with E-state index < -0.39 is 0 Å². The lowest BCUT2D eigenvalue weighted by Gasteiger charge is -2.23. The summed E-state index contributed by atoms with van der Waals surface area (Å²) in [6.45, 7) is 8.35. The van der Waals surface area contributed by atoms with Gasteiger partial charge in [-0.2, -0.15) is 0 Å². The van der Waals surface area contributed by atoms with Gasteiger partial charge in [0.15, 0.2) is 6.54 Å². The lowest BCUT2D eigenvalue weighted by Crippen LogP contribution is -3.15. The Morgan fingerprint density at radius 2 is 1.86 bits per heavy atom. The van der Waals surface area contributed by atoms with E-state index in [0.717, 1.165) is 18.7 Å². The number of piperidine rings is 1. The quantitative estimate of drug-likeness (QED) is 0.608. The number of carbonyl (C=O) groups excluding carboxylic acids is 1. The number of nitrogens with one attached hydrogen (secondary N) is 1. The van der Waals surface area contributed by atoms with Gasteiger partial charge in [0.2, 0.25) is 0 Å². The molecule has 0 bridgehead atoms. The minimum atomic E-state index is -0.246. The molecule has 0 spiro atoms. The van der Waals surface area contributed by atoms with Gasteiger partial charge in [0.05, 0.1) is 19.6 Å². The molecule has 4 nitrogen and oxygen atoms in total. The number of aryl methyl sites for hydroxylation is 1. The zero-order valence-corrected chi connectivity index (χ0v) is 17.6. The van der Waals surface area contributed by atoms with Gasteiger partial charge in [-0.05, 0) is 56.0 Å². The minimum absolute atomic E-state index is 0.143. The van der Waals surface area contributed by atoms with Crippen LogP contribution in [0.2, 0.25) is 0 Å². The Bertz CT molecular complexity index is 740. The van der Waals surface area contributed by atoms with Crippen LogP contribution in [0.15, 0.2) is 36.4 Å². The minimum Gasteiger partial charge on any atom is -0.334 e. The molecule has 6 heteroatoms. The van der Waals surface area contributed by atoms with Crippen LogP contribution in [-0.2, 0) is 17.9 Å². The standard InChI is InChI=1S/C22H30FN3OS/c1-18-5-10-21(28-18)17-26(16-19-6-8-20(23)9-7-19)22(27)15-24-11-14-25-12-3-2-4-13-25/h5-10,24H,2-4,11-17H2,1H3/p+2. The zero-order chi connectivity index (χ0) is 19.8. The van der Waals surface area contributed by atoms with Crippen LogP contribution in [0.1, 0.15) is 34.6 Å². The summed E-state index contributed by atoms with van der Waals surface area (Å²) in [5.74, 6) is -0.104. The zero-order valence-electron chi connectivity index (χ0n) is 16.8. The molecule has 1 saturated heterocycles. The van der Waals surface area contributed by atoms with Gasteiger partial charge in [0.25, 0.3) is 5.91 Å². The van der Waals surface area contributed by atoms with Crippen LogP contribution >= 0.6 is 11.3 Å². The molecule has 0 aliphatic carbocycles. The monoisotopic (exact) mass is 405 g/mol. The molecule has 2 aromatic rings. The van der Waals surface area contributed by atoms with Crippen molar-refractivity contribution in [2.45, 2.75) is 39.3 Å². The average molecular weight is 406 g/mol. The molecule has 1 fully saturated rings. The largest absolute Gasteiger partial charge is 0.334 e. The topological polar surface area (TPSA) is 41.4 Å². The summed E-state index contributed by atoms with van der Waals surface area (Å²) in [5, 5.41) is 2.14. The van der Waals surface area contributed by atoms with Crippen molar-refractivity contribution in [2.24, 2.45) is 0 Å². The average Bonchev–Trinajstić information content (AvgIpc) is 3.12. The van der Waals surface area contributed by atoms with Crippen molar-refractivity contribution in [1.29, 1.82) is 0 Å². The lowest BCUT2D eigenvalue weighted by molar-refractivity contribution is -0.916. The summed E-state index contributed by atoms with van der Waals surface area (Å²) in [5.41, 5.74) is 0.959. The molecule has 2 heterocycles. The Hall–Kier alpha value is -1.76. The molecule has 3 rings (SSSR count). The molecule has 0 saturated carbocycles. The van der Waals surface area contributed by atoms with Crippen LogP contribution in [0.3, 0.4) is 0 Å². The second kappa shape index (κ2) is 10.7. The highest BCUT2D eigenvalue weighted by Crippen LogP contribution is 2.18. The maximum Gasteiger partial charge on any atom is 0.278 e. The highest BCUT2D eigenvalue weighted by Gasteiger charge is 2.18. The molecular formula is C22H32FN3OS+2. The fourth-order valence-electron chi connectivity index (χ4n) is 3.76. The number of carbonyl (C=O) groups is 1. The second-order valence-corrected chi connectivity index (χ2v) is 9.10. The predicted molar refractivity (Wildman–Crippen MR) is 111 cm³/mol. The number of quaternary nitrogens is 2. The van der Waals surface area contributed by atoms with Gasteiger partial charge >= 0.3 is 0 Å². The number of amides is 1. The summed E-state index contributed by atoms with van der Waals surface area (Å²) in [6.07, 6.45) is 4.03. The fraction of sp³-hybridized carbons (Fsp3) is 0.500. The van der Waals surface area contributed by atoms with E-state index in [1.54, 1.807) is 28.4 Å². The van der Waals surface area contributed by atoms with Crippen molar-refractivity contribution < 1.29 is 19.4 Å². The van der Waals surface area contributed by atoms with Crippen molar-refractivity contribution in [2.75, 3.05) is 32.7 Å². The Labute approximate surface area is 171 Å². The number of thiophene rings is 1. The molecule has 1 aliphatic heterocycles. The molecule has 1 aromatic carbocycles. The summed E-state index contributed by atoms with van der Waals surface area (Å²) in [6, 6.07) is 10.6. The van der Waals surface area contributed by atoms with E-state index in [-0.39, 0.29) is 11.7 Å². The molecule has 1 amide bonds. The number of rotatable bonds is 9. The van der Waals surface area contributed by atoms with E-state index in [4.69, 9.17) is 0 Å². The van der Waals surface area contributed by atoms with Crippen molar-refractivity contribution in [1.82, 2.24) is 4.90 Å². The van der Waals surface area contributed by atoms with E-state index in [0.29, 0.717) is 19.6 Å². The van der Waals surface area contributed by atoms with Gasteiger partial charge in [-0.3, -0.25) is 4.79 Å². The van der Waals surface area contributed by atoms with Gasteiger partial charge in [0, 0.05) is 16.3 Å². The molecule has 1 aromatic heterocycles.